The summed E-state index contributed by atoms with van der Waals surface area (Å²) in [5, 5.41) is 11.6. The zero-order valence-electron chi connectivity index (χ0n) is 18.3. The first kappa shape index (κ1) is 23.8. The second kappa shape index (κ2) is 11.2. The average molecular weight is 458 g/mol. The van der Waals surface area contributed by atoms with E-state index >= 15 is 0 Å². The van der Waals surface area contributed by atoms with E-state index in [9.17, 15) is 14.7 Å². The molecule has 1 fully saturated rings. The van der Waals surface area contributed by atoms with Crippen LogP contribution in [-0.2, 0) is 14.3 Å². The van der Waals surface area contributed by atoms with E-state index in [0.717, 1.165) is 12.8 Å². The molecule has 1 unspecified atom stereocenters. The number of ether oxygens (including phenoxy) is 2. The Hall–Kier alpha value is -2.83. The molecule has 2 aromatic rings. The van der Waals surface area contributed by atoms with Crippen molar-refractivity contribution in [3.63, 3.8) is 0 Å². The molecule has 0 aliphatic carbocycles. The standard InChI is InChI=1S/C25H28ClNO5/c1-3-4-15-32-20-8-5-7-18(16-20)22-21(23(28)17-9-11-19(26)12-10-17)24(29)25(30)27(22)13-6-14-31-2/h5,7-12,16,22,28H,3-4,6,13-15H2,1-2H3/b23-21+. The lowest BCUT2D eigenvalue weighted by molar-refractivity contribution is -0.140. The number of hydrogen-bond acceptors (Lipinski definition) is 5. The minimum absolute atomic E-state index is 0.0560. The third-order valence-corrected chi connectivity index (χ3v) is 5.60. The highest BCUT2D eigenvalue weighted by Crippen LogP contribution is 2.40. The van der Waals surface area contributed by atoms with E-state index < -0.39 is 17.7 Å². The summed E-state index contributed by atoms with van der Waals surface area (Å²) in [6.45, 7) is 3.44. The van der Waals surface area contributed by atoms with Crippen LogP contribution < -0.4 is 4.74 Å². The molecule has 1 heterocycles. The molecule has 1 saturated heterocycles. The molecule has 170 valence electrons. The number of halogens is 1. The van der Waals surface area contributed by atoms with Gasteiger partial charge in [-0.25, -0.2) is 0 Å². The molecule has 0 radical (unpaired) electrons. The lowest BCUT2D eigenvalue weighted by Gasteiger charge is -2.25. The fourth-order valence-electron chi connectivity index (χ4n) is 3.71. The zero-order valence-corrected chi connectivity index (χ0v) is 19.1. The van der Waals surface area contributed by atoms with Gasteiger partial charge in [0.2, 0.25) is 0 Å². The van der Waals surface area contributed by atoms with Crippen LogP contribution in [0.2, 0.25) is 5.02 Å². The minimum Gasteiger partial charge on any atom is -0.507 e. The van der Waals surface area contributed by atoms with Crippen LogP contribution in [0, 0.1) is 0 Å². The van der Waals surface area contributed by atoms with Gasteiger partial charge in [-0.2, -0.15) is 0 Å². The Morgan fingerprint density at radius 2 is 1.84 bits per heavy atom. The Morgan fingerprint density at radius 1 is 1.09 bits per heavy atom. The Morgan fingerprint density at radius 3 is 2.53 bits per heavy atom. The molecule has 6 nitrogen and oxygen atoms in total. The van der Waals surface area contributed by atoms with E-state index in [1.54, 1.807) is 31.4 Å². The first-order valence-corrected chi connectivity index (χ1v) is 11.1. The highest BCUT2D eigenvalue weighted by atomic mass is 35.5. The van der Waals surface area contributed by atoms with Gasteiger partial charge in [-0.15, -0.1) is 0 Å². The molecule has 0 bridgehead atoms. The maximum absolute atomic E-state index is 13.0. The molecule has 3 rings (SSSR count). The predicted octanol–water partition coefficient (Wildman–Crippen LogP) is 4.98. The van der Waals surface area contributed by atoms with Gasteiger partial charge in [-0.3, -0.25) is 9.59 Å². The summed E-state index contributed by atoms with van der Waals surface area (Å²) in [5.74, 6) is -0.919. The van der Waals surface area contributed by atoms with Crippen molar-refractivity contribution in [2.24, 2.45) is 0 Å². The van der Waals surface area contributed by atoms with Gasteiger partial charge in [0.15, 0.2) is 0 Å². The second-order valence-corrected chi connectivity index (χ2v) is 8.06. The largest absolute Gasteiger partial charge is 0.507 e. The van der Waals surface area contributed by atoms with Crippen molar-refractivity contribution in [2.75, 3.05) is 26.9 Å². The summed E-state index contributed by atoms with van der Waals surface area (Å²) in [4.78, 5) is 27.4. The molecule has 32 heavy (non-hydrogen) atoms. The molecule has 0 aromatic heterocycles. The van der Waals surface area contributed by atoms with E-state index in [0.29, 0.717) is 48.1 Å². The van der Waals surface area contributed by atoms with E-state index in [-0.39, 0.29) is 11.3 Å². The first-order valence-electron chi connectivity index (χ1n) is 10.7. The number of Topliss-reactive ketones (excluding diaryl/α,β-unsaturated/α-hetero) is 1. The minimum atomic E-state index is -0.725. The molecule has 1 aliphatic rings. The van der Waals surface area contributed by atoms with Gasteiger partial charge in [0, 0.05) is 30.8 Å². The number of carbonyl (C=O) groups excluding carboxylic acids is 2. The van der Waals surface area contributed by atoms with E-state index in [1.807, 2.05) is 24.3 Å². The van der Waals surface area contributed by atoms with Crippen molar-refractivity contribution in [1.82, 2.24) is 4.90 Å². The van der Waals surface area contributed by atoms with Crippen molar-refractivity contribution in [3.05, 3.63) is 70.3 Å². The fourth-order valence-corrected chi connectivity index (χ4v) is 3.83. The molecular weight excluding hydrogens is 430 g/mol. The van der Waals surface area contributed by atoms with Crippen LogP contribution in [-0.4, -0.2) is 48.6 Å². The zero-order chi connectivity index (χ0) is 23.1. The summed E-state index contributed by atoms with van der Waals surface area (Å²) in [5.41, 5.74) is 1.18. The molecule has 1 amide bonds. The van der Waals surface area contributed by atoms with Crippen molar-refractivity contribution < 1.29 is 24.2 Å². The van der Waals surface area contributed by atoms with Gasteiger partial charge in [0.05, 0.1) is 18.2 Å². The Kier molecular flexibility index (Phi) is 8.31. The highest BCUT2D eigenvalue weighted by molar-refractivity contribution is 6.46. The van der Waals surface area contributed by atoms with E-state index in [4.69, 9.17) is 21.1 Å². The van der Waals surface area contributed by atoms with Crippen LogP contribution in [0.15, 0.2) is 54.1 Å². The number of likely N-dealkylation sites (tertiary alicyclic amines) is 1. The SMILES string of the molecule is CCCCOc1cccc(C2/C(=C(\O)c3ccc(Cl)cc3)C(=O)C(=O)N2CCCOC)c1. The van der Waals surface area contributed by atoms with Gasteiger partial charge in [-0.1, -0.05) is 37.1 Å². The van der Waals surface area contributed by atoms with Crippen LogP contribution in [0.4, 0.5) is 0 Å². The van der Waals surface area contributed by atoms with E-state index in [1.165, 1.54) is 4.90 Å². The van der Waals surface area contributed by atoms with Crippen molar-refractivity contribution in [3.8, 4) is 5.75 Å². The normalized spacial score (nSPS) is 17.7. The number of benzene rings is 2. The van der Waals surface area contributed by atoms with Crippen molar-refractivity contribution in [1.29, 1.82) is 0 Å². The number of aliphatic hydroxyl groups is 1. The van der Waals surface area contributed by atoms with Crippen LogP contribution in [0.1, 0.15) is 43.4 Å². The summed E-state index contributed by atoms with van der Waals surface area (Å²) >= 11 is 5.96. The van der Waals surface area contributed by atoms with Gasteiger partial charge in [0.1, 0.15) is 11.5 Å². The maximum Gasteiger partial charge on any atom is 0.295 e. The molecule has 7 heteroatoms. The van der Waals surface area contributed by atoms with Crippen molar-refractivity contribution >= 4 is 29.1 Å². The highest BCUT2D eigenvalue weighted by Gasteiger charge is 2.45. The number of unbranched alkanes of at least 4 members (excludes halogenated alkanes) is 1. The Bertz CT molecular complexity index is 986. The van der Waals surface area contributed by atoms with Gasteiger partial charge < -0.3 is 19.5 Å². The van der Waals surface area contributed by atoms with Crippen molar-refractivity contribution in [2.45, 2.75) is 32.2 Å². The van der Waals surface area contributed by atoms with Crippen LogP contribution >= 0.6 is 11.6 Å². The molecule has 1 N–H and O–H groups in total. The van der Waals surface area contributed by atoms with Crippen LogP contribution in [0.3, 0.4) is 0 Å². The lowest BCUT2D eigenvalue weighted by Crippen LogP contribution is -2.31. The monoisotopic (exact) mass is 457 g/mol. The van der Waals surface area contributed by atoms with Crippen LogP contribution in [0.5, 0.6) is 5.75 Å². The Labute approximate surface area is 193 Å². The lowest BCUT2D eigenvalue weighted by atomic mass is 9.95. The number of hydrogen-bond donors (Lipinski definition) is 1. The number of ketones is 1. The maximum atomic E-state index is 13.0. The fraction of sp³-hybridized carbons (Fsp3) is 0.360. The number of amides is 1. The topological polar surface area (TPSA) is 76.1 Å². The number of methoxy groups -OCH3 is 1. The average Bonchev–Trinajstić information content (AvgIpc) is 3.05. The molecule has 0 saturated carbocycles. The number of nitrogens with zero attached hydrogens (tertiary/aromatic N) is 1. The Balaban J connectivity index is 2.05. The molecular formula is C25H28ClNO5. The smallest absolute Gasteiger partial charge is 0.295 e. The molecule has 2 aromatic carbocycles. The third-order valence-electron chi connectivity index (χ3n) is 5.35. The van der Waals surface area contributed by atoms with Gasteiger partial charge >= 0.3 is 0 Å². The summed E-state index contributed by atoms with van der Waals surface area (Å²) in [6, 6.07) is 13.1. The molecule has 1 aliphatic heterocycles. The van der Waals surface area contributed by atoms with E-state index in [2.05, 4.69) is 6.92 Å². The summed E-state index contributed by atoms with van der Waals surface area (Å²) in [6.07, 6.45) is 2.50. The third kappa shape index (κ3) is 5.31. The predicted molar refractivity (Wildman–Crippen MR) is 124 cm³/mol. The quantitative estimate of drug-likeness (QED) is 0.236. The molecule has 0 spiro atoms. The summed E-state index contributed by atoms with van der Waals surface area (Å²) < 4.78 is 10.9. The van der Waals surface area contributed by atoms with Gasteiger partial charge in [-0.05, 0) is 54.8 Å². The number of rotatable bonds is 10. The number of aliphatic hydroxyl groups excluding tert-OH is 1. The number of carbonyl (C=O) groups is 2. The second-order valence-electron chi connectivity index (χ2n) is 7.62. The van der Waals surface area contributed by atoms with Crippen LogP contribution in [0.25, 0.3) is 5.76 Å². The van der Waals surface area contributed by atoms with Gasteiger partial charge in [0.25, 0.3) is 11.7 Å². The molecule has 1 atom stereocenters. The summed E-state index contributed by atoms with van der Waals surface area (Å²) in [7, 11) is 1.59. The first-order chi connectivity index (χ1) is 15.5.